The number of hydrogen-bond acceptors (Lipinski definition) is 4. The molecule has 0 bridgehead atoms. The van der Waals surface area contributed by atoms with E-state index >= 15 is 0 Å². The fraction of sp³-hybridized carbons (Fsp3) is 0.231. The maximum Gasteiger partial charge on any atom is 0.336 e. The van der Waals surface area contributed by atoms with Crippen LogP contribution in [-0.4, -0.2) is 58.4 Å². The summed E-state index contributed by atoms with van der Waals surface area (Å²) in [5.74, 6) is -0.936. The van der Waals surface area contributed by atoms with E-state index in [4.69, 9.17) is 16.3 Å². The van der Waals surface area contributed by atoms with Crippen molar-refractivity contribution in [1.29, 1.82) is 0 Å². The number of carbonyl (C=O) groups is 1. The first-order valence-corrected chi connectivity index (χ1v) is 11.3. The second kappa shape index (κ2) is 9.35. The van der Waals surface area contributed by atoms with Gasteiger partial charge in [-0.2, -0.15) is 0 Å². The summed E-state index contributed by atoms with van der Waals surface area (Å²) in [4.78, 5) is 18.9. The van der Waals surface area contributed by atoms with Crippen LogP contribution in [0.1, 0.15) is 10.4 Å². The summed E-state index contributed by atoms with van der Waals surface area (Å²) in [6, 6.07) is 15.1. The van der Waals surface area contributed by atoms with Crippen LogP contribution >= 0.6 is 11.6 Å². The van der Waals surface area contributed by atoms with Crippen LogP contribution in [0.2, 0.25) is 5.02 Å². The molecule has 0 saturated carbocycles. The number of nitrogens with zero attached hydrogens (tertiary/aromatic N) is 3. The zero-order valence-corrected chi connectivity index (χ0v) is 18.8. The molecule has 0 amide bonds. The number of morpholine rings is 1. The summed E-state index contributed by atoms with van der Waals surface area (Å²) in [7, 11) is 0. The molecule has 1 saturated heterocycles. The van der Waals surface area contributed by atoms with E-state index < -0.39 is 5.97 Å². The van der Waals surface area contributed by atoms with Crippen LogP contribution in [0.25, 0.3) is 33.2 Å². The van der Waals surface area contributed by atoms with E-state index in [-0.39, 0.29) is 0 Å². The van der Waals surface area contributed by atoms with E-state index in [0.717, 1.165) is 72.5 Å². The van der Waals surface area contributed by atoms with Gasteiger partial charge in [-0.15, -0.1) is 0 Å². The molecule has 33 heavy (non-hydrogen) atoms. The van der Waals surface area contributed by atoms with Gasteiger partial charge in [0.25, 0.3) is 0 Å². The number of aromatic carboxylic acids is 1. The van der Waals surface area contributed by atoms with Gasteiger partial charge in [0.05, 0.1) is 18.8 Å². The van der Waals surface area contributed by atoms with Crippen molar-refractivity contribution in [2.75, 3.05) is 32.8 Å². The quantitative estimate of drug-likeness (QED) is 0.435. The molecule has 168 valence electrons. The molecule has 2 aromatic heterocycles. The first-order chi connectivity index (χ1) is 16.1. The molecule has 7 heteroatoms. The molecular formula is C26H24ClN3O3. The molecule has 5 rings (SSSR count). The van der Waals surface area contributed by atoms with Crippen LogP contribution in [0.4, 0.5) is 0 Å². The van der Waals surface area contributed by atoms with Gasteiger partial charge in [0.15, 0.2) is 0 Å². The van der Waals surface area contributed by atoms with Crippen molar-refractivity contribution in [2.45, 2.75) is 6.54 Å². The Kier molecular flexibility index (Phi) is 6.13. The van der Waals surface area contributed by atoms with Crippen molar-refractivity contribution in [2.24, 2.45) is 0 Å². The lowest BCUT2D eigenvalue weighted by molar-refractivity contribution is 0.0365. The standard InChI is InChI=1S/C26H24ClN3O3/c27-21-6-4-18(5-7-21)19-14-20(16-28-15-19)23-17-30(9-8-29-10-12-33-13-11-29)24-3-1-2-22(25(23)24)26(31)32/h1-7,14-17H,8-13H2,(H,31,32). The Bertz CT molecular complexity index is 1290. The number of carboxylic acids is 1. The maximum absolute atomic E-state index is 12.1. The summed E-state index contributed by atoms with van der Waals surface area (Å²) >= 11 is 6.04. The number of carboxylic acid groups (broad SMARTS) is 1. The van der Waals surface area contributed by atoms with Crippen molar-refractivity contribution >= 4 is 28.5 Å². The van der Waals surface area contributed by atoms with Crippen LogP contribution in [-0.2, 0) is 11.3 Å². The second-order valence-corrected chi connectivity index (χ2v) is 8.60. The van der Waals surface area contributed by atoms with Gasteiger partial charge >= 0.3 is 5.97 Å². The van der Waals surface area contributed by atoms with Crippen molar-refractivity contribution in [1.82, 2.24) is 14.5 Å². The molecule has 0 atom stereocenters. The van der Waals surface area contributed by atoms with Crippen molar-refractivity contribution in [3.63, 3.8) is 0 Å². The third kappa shape index (κ3) is 4.50. The molecule has 1 aliphatic rings. The molecule has 2 aromatic carbocycles. The van der Waals surface area contributed by atoms with Crippen molar-refractivity contribution in [3.8, 4) is 22.3 Å². The van der Waals surface area contributed by atoms with Crippen molar-refractivity contribution in [3.05, 3.63) is 77.7 Å². The molecular weight excluding hydrogens is 438 g/mol. The molecule has 1 N–H and O–H groups in total. The predicted molar refractivity (Wildman–Crippen MR) is 130 cm³/mol. The average molecular weight is 462 g/mol. The van der Waals surface area contributed by atoms with E-state index in [1.165, 1.54) is 0 Å². The van der Waals surface area contributed by atoms with Crippen LogP contribution < -0.4 is 0 Å². The van der Waals surface area contributed by atoms with Crippen LogP contribution in [0.5, 0.6) is 0 Å². The molecule has 0 unspecified atom stereocenters. The SMILES string of the molecule is O=C(O)c1cccc2c1c(-c1cncc(-c3ccc(Cl)cc3)c1)cn2CCN1CCOCC1. The first kappa shape index (κ1) is 21.6. The minimum atomic E-state index is -0.936. The van der Waals surface area contributed by atoms with Gasteiger partial charge in [-0.25, -0.2) is 4.79 Å². The average Bonchev–Trinajstić information content (AvgIpc) is 3.23. The molecule has 3 heterocycles. The number of aromatic nitrogens is 2. The number of hydrogen-bond donors (Lipinski definition) is 1. The highest BCUT2D eigenvalue weighted by atomic mass is 35.5. The topological polar surface area (TPSA) is 67.6 Å². The highest BCUT2D eigenvalue weighted by molar-refractivity contribution is 6.30. The second-order valence-electron chi connectivity index (χ2n) is 8.16. The smallest absolute Gasteiger partial charge is 0.336 e. The Morgan fingerprint density at radius 2 is 1.76 bits per heavy atom. The minimum absolute atomic E-state index is 0.296. The Labute approximate surface area is 197 Å². The third-order valence-corrected chi connectivity index (χ3v) is 6.38. The Morgan fingerprint density at radius 1 is 1.00 bits per heavy atom. The van der Waals surface area contributed by atoms with E-state index in [1.54, 1.807) is 12.3 Å². The van der Waals surface area contributed by atoms with Gasteiger partial charge < -0.3 is 14.4 Å². The van der Waals surface area contributed by atoms with Gasteiger partial charge in [-0.05, 0) is 35.9 Å². The lowest BCUT2D eigenvalue weighted by atomic mass is 9.99. The zero-order chi connectivity index (χ0) is 22.8. The Hall–Kier alpha value is -3.19. The summed E-state index contributed by atoms with van der Waals surface area (Å²) in [6.45, 7) is 4.99. The molecule has 0 aliphatic carbocycles. The number of fused-ring (bicyclic) bond motifs is 1. The summed E-state index contributed by atoms with van der Waals surface area (Å²) in [5, 5.41) is 11.3. The number of halogens is 1. The van der Waals surface area contributed by atoms with Crippen LogP contribution in [0.3, 0.4) is 0 Å². The molecule has 1 fully saturated rings. The first-order valence-electron chi connectivity index (χ1n) is 11.0. The van der Waals surface area contributed by atoms with E-state index in [2.05, 4.69) is 26.7 Å². The van der Waals surface area contributed by atoms with Gasteiger partial charge in [-0.1, -0.05) is 29.8 Å². The van der Waals surface area contributed by atoms with Gasteiger partial charge in [0, 0.05) is 77.4 Å². The van der Waals surface area contributed by atoms with Crippen LogP contribution in [0, 0.1) is 0 Å². The number of pyridine rings is 1. The number of ether oxygens (including phenoxy) is 1. The maximum atomic E-state index is 12.1. The largest absolute Gasteiger partial charge is 0.478 e. The van der Waals surface area contributed by atoms with Gasteiger partial charge in [0.2, 0.25) is 0 Å². The molecule has 1 aliphatic heterocycles. The van der Waals surface area contributed by atoms with Gasteiger partial charge in [-0.3, -0.25) is 9.88 Å². The van der Waals surface area contributed by atoms with Crippen LogP contribution in [0.15, 0.2) is 67.1 Å². The summed E-state index contributed by atoms with van der Waals surface area (Å²) < 4.78 is 7.61. The number of benzene rings is 2. The minimum Gasteiger partial charge on any atom is -0.478 e. The lowest BCUT2D eigenvalue weighted by Crippen LogP contribution is -2.38. The van der Waals surface area contributed by atoms with Gasteiger partial charge in [0.1, 0.15) is 0 Å². The van der Waals surface area contributed by atoms with E-state index in [0.29, 0.717) is 10.6 Å². The summed E-state index contributed by atoms with van der Waals surface area (Å²) in [5.41, 5.74) is 4.91. The highest BCUT2D eigenvalue weighted by Crippen LogP contribution is 2.35. The number of rotatable bonds is 6. The van der Waals surface area contributed by atoms with Crippen molar-refractivity contribution < 1.29 is 14.6 Å². The molecule has 0 radical (unpaired) electrons. The molecule has 0 spiro atoms. The molecule has 4 aromatic rings. The lowest BCUT2D eigenvalue weighted by Gasteiger charge is -2.26. The normalized spacial score (nSPS) is 14.6. The van der Waals surface area contributed by atoms with E-state index in [9.17, 15) is 9.90 Å². The molecule has 6 nitrogen and oxygen atoms in total. The fourth-order valence-corrected chi connectivity index (χ4v) is 4.52. The predicted octanol–water partition coefficient (Wildman–Crippen LogP) is 5.05. The Morgan fingerprint density at radius 3 is 2.52 bits per heavy atom. The fourth-order valence-electron chi connectivity index (χ4n) is 4.40. The Balaban J connectivity index is 1.58. The van der Waals surface area contributed by atoms with E-state index in [1.807, 2.05) is 42.6 Å². The monoisotopic (exact) mass is 461 g/mol. The highest BCUT2D eigenvalue weighted by Gasteiger charge is 2.19. The summed E-state index contributed by atoms with van der Waals surface area (Å²) in [6.07, 6.45) is 5.65. The zero-order valence-electron chi connectivity index (χ0n) is 18.1. The third-order valence-electron chi connectivity index (χ3n) is 6.12.